The monoisotopic (exact) mass is 282 g/mol. The highest BCUT2D eigenvalue weighted by atomic mass is 15.0. The molecule has 2 aromatic rings. The second kappa shape index (κ2) is 7.84. The highest BCUT2D eigenvalue weighted by molar-refractivity contribution is 5.45. The van der Waals surface area contributed by atoms with E-state index >= 15 is 0 Å². The second-order valence-corrected chi connectivity index (χ2v) is 5.87. The highest BCUT2D eigenvalue weighted by Crippen LogP contribution is 2.15. The van der Waals surface area contributed by atoms with Gasteiger partial charge >= 0.3 is 0 Å². The summed E-state index contributed by atoms with van der Waals surface area (Å²) in [5, 5.41) is 3.64. The van der Waals surface area contributed by atoms with E-state index in [0.717, 1.165) is 19.4 Å². The molecule has 0 aliphatic heterocycles. The molecular weight excluding hydrogens is 256 g/mol. The molecule has 0 aliphatic rings. The number of rotatable bonds is 7. The van der Waals surface area contributed by atoms with Gasteiger partial charge in [0.1, 0.15) is 0 Å². The van der Waals surface area contributed by atoms with Crippen molar-refractivity contribution >= 4 is 5.69 Å². The van der Waals surface area contributed by atoms with E-state index in [0.29, 0.717) is 6.04 Å². The van der Waals surface area contributed by atoms with Crippen LogP contribution in [0.5, 0.6) is 0 Å². The first-order valence-electron chi connectivity index (χ1n) is 7.71. The number of hydrogen-bond donors (Lipinski definition) is 1. The third-order valence-corrected chi connectivity index (χ3v) is 3.64. The average Bonchev–Trinajstić information content (AvgIpc) is 2.49. The van der Waals surface area contributed by atoms with Gasteiger partial charge in [-0.05, 0) is 50.2 Å². The fraction of sp³-hybridized carbons (Fsp3) is 0.368. The molecule has 0 aliphatic carbocycles. The maximum Gasteiger partial charge on any atom is 0.0342 e. The fourth-order valence-electron chi connectivity index (χ4n) is 2.50. The molecular formula is C19H26N2. The molecule has 0 aromatic heterocycles. The van der Waals surface area contributed by atoms with Crippen LogP contribution in [0.25, 0.3) is 0 Å². The van der Waals surface area contributed by atoms with E-state index in [1.54, 1.807) is 0 Å². The van der Waals surface area contributed by atoms with E-state index in [2.05, 4.69) is 85.8 Å². The van der Waals surface area contributed by atoms with Crippen LogP contribution in [0, 0.1) is 0 Å². The maximum absolute atomic E-state index is 3.64. The van der Waals surface area contributed by atoms with Crippen LogP contribution in [0.2, 0.25) is 0 Å². The number of nitrogens with zero attached hydrogens (tertiary/aromatic N) is 1. The molecule has 1 atom stereocenters. The van der Waals surface area contributed by atoms with Gasteiger partial charge in [0.15, 0.2) is 0 Å². The summed E-state index contributed by atoms with van der Waals surface area (Å²) in [6.45, 7) is 3.22. The molecule has 0 radical (unpaired) electrons. The predicted octanol–water partition coefficient (Wildman–Crippen LogP) is 4.18. The first-order chi connectivity index (χ1) is 10.2. The van der Waals surface area contributed by atoms with Gasteiger partial charge in [-0.15, -0.1) is 0 Å². The third-order valence-electron chi connectivity index (χ3n) is 3.64. The van der Waals surface area contributed by atoms with Gasteiger partial charge in [-0.3, -0.25) is 0 Å². The van der Waals surface area contributed by atoms with Crippen LogP contribution in [0.1, 0.15) is 24.5 Å². The van der Waals surface area contributed by atoms with Crippen molar-refractivity contribution in [2.75, 3.05) is 19.4 Å². The molecule has 0 spiro atoms. The Kier molecular flexibility index (Phi) is 5.82. The standard InChI is InChI=1S/C19H26N2/c1-4-18(14-16-8-6-5-7-9-16)20-19-12-10-17(11-13-19)15-21(2)3/h5-13,18,20H,4,14-15H2,1-3H3. The van der Waals surface area contributed by atoms with Crippen molar-refractivity contribution in [2.45, 2.75) is 32.4 Å². The topological polar surface area (TPSA) is 15.3 Å². The summed E-state index contributed by atoms with van der Waals surface area (Å²) in [5.41, 5.74) is 3.95. The summed E-state index contributed by atoms with van der Waals surface area (Å²) < 4.78 is 0. The molecule has 0 bridgehead atoms. The van der Waals surface area contributed by atoms with Crippen LogP contribution in [0.3, 0.4) is 0 Å². The van der Waals surface area contributed by atoms with E-state index in [1.807, 2.05) is 0 Å². The lowest BCUT2D eigenvalue weighted by Gasteiger charge is -2.19. The molecule has 0 heterocycles. The van der Waals surface area contributed by atoms with Gasteiger partial charge in [-0.1, -0.05) is 49.4 Å². The lowest BCUT2D eigenvalue weighted by atomic mass is 10.0. The van der Waals surface area contributed by atoms with Crippen LogP contribution in [-0.4, -0.2) is 25.0 Å². The van der Waals surface area contributed by atoms with Crippen molar-refractivity contribution in [3.63, 3.8) is 0 Å². The normalized spacial score (nSPS) is 12.4. The van der Waals surface area contributed by atoms with Crippen molar-refractivity contribution in [3.8, 4) is 0 Å². The van der Waals surface area contributed by atoms with Gasteiger partial charge in [0.05, 0.1) is 0 Å². The van der Waals surface area contributed by atoms with Gasteiger partial charge in [0.25, 0.3) is 0 Å². The van der Waals surface area contributed by atoms with Gasteiger partial charge in [-0.25, -0.2) is 0 Å². The predicted molar refractivity (Wildman–Crippen MR) is 91.7 cm³/mol. The van der Waals surface area contributed by atoms with Crippen molar-refractivity contribution in [3.05, 3.63) is 65.7 Å². The molecule has 21 heavy (non-hydrogen) atoms. The Morgan fingerprint density at radius 1 is 0.905 bits per heavy atom. The quantitative estimate of drug-likeness (QED) is 0.819. The zero-order valence-corrected chi connectivity index (χ0v) is 13.3. The first-order valence-corrected chi connectivity index (χ1v) is 7.71. The zero-order valence-electron chi connectivity index (χ0n) is 13.3. The van der Waals surface area contributed by atoms with E-state index in [-0.39, 0.29) is 0 Å². The van der Waals surface area contributed by atoms with Crippen molar-refractivity contribution in [1.82, 2.24) is 4.90 Å². The Balaban J connectivity index is 1.95. The molecule has 2 heteroatoms. The smallest absolute Gasteiger partial charge is 0.0342 e. The van der Waals surface area contributed by atoms with Crippen molar-refractivity contribution in [1.29, 1.82) is 0 Å². The second-order valence-electron chi connectivity index (χ2n) is 5.87. The largest absolute Gasteiger partial charge is 0.382 e. The minimum atomic E-state index is 0.479. The minimum Gasteiger partial charge on any atom is -0.382 e. The lowest BCUT2D eigenvalue weighted by Crippen LogP contribution is -2.21. The SMILES string of the molecule is CCC(Cc1ccccc1)Nc1ccc(CN(C)C)cc1. The zero-order chi connectivity index (χ0) is 15.1. The molecule has 1 N–H and O–H groups in total. The molecule has 0 saturated carbocycles. The van der Waals surface area contributed by atoms with Crippen LogP contribution < -0.4 is 5.32 Å². The number of hydrogen-bond acceptors (Lipinski definition) is 2. The Morgan fingerprint density at radius 3 is 2.14 bits per heavy atom. The molecule has 112 valence electrons. The molecule has 2 aromatic carbocycles. The minimum absolute atomic E-state index is 0.479. The van der Waals surface area contributed by atoms with Gasteiger partial charge < -0.3 is 10.2 Å². The summed E-state index contributed by atoms with van der Waals surface area (Å²) in [7, 11) is 4.19. The molecule has 0 saturated heterocycles. The van der Waals surface area contributed by atoms with Crippen LogP contribution in [0.15, 0.2) is 54.6 Å². The Morgan fingerprint density at radius 2 is 1.57 bits per heavy atom. The van der Waals surface area contributed by atoms with E-state index in [4.69, 9.17) is 0 Å². The van der Waals surface area contributed by atoms with Crippen molar-refractivity contribution < 1.29 is 0 Å². The van der Waals surface area contributed by atoms with Gasteiger partial charge in [-0.2, -0.15) is 0 Å². The van der Waals surface area contributed by atoms with E-state index < -0.39 is 0 Å². The highest BCUT2D eigenvalue weighted by Gasteiger charge is 2.07. The Labute approximate surface area is 128 Å². The van der Waals surface area contributed by atoms with Crippen LogP contribution in [0.4, 0.5) is 5.69 Å². The molecule has 1 unspecified atom stereocenters. The summed E-state index contributed by atoms with van der Waals surface area (Å²) in [4.78, 5) is 2.19. The Bertz CT molecular complexity index is 517. The Hall–Kier alpha value is -1.80. The first kappa shape index (κ1) is 15.6. The van der Waals surface area contributed by atoms with Crippen LogP contribution >= 0.6 is 0 Å². The molecule has 0 amide bonds. The van der Waals surface area contributed by atoms with E-state index in [9.17, 15) is 0 Å². The fourth-order valence-corrected chi connectivity index (χ4v) is 2.50. The third kappa shape index (κ3) is 5.24. The molecule has 2 rings (SSSR count). The summed E-state index contributed by atoms with van der Waals surface area (Å²) in [6, 6.07) is 20.0. The average molecular weight is 282 g/mol. The maximum atomic E-state index is 3.64. The summed E-state index contributed by atoms with van der Waals surface area (Å²) in [6.07, 6.45) is 2.19. The number of benzene rings is 2. The van der Waals surface area contributed by atoms with Crippen LogP contribution in [-0.2, 0) is 13.0 Å². The van der Waals surface area contributed by atoms with Gasteiger partial charge in [0, 0.05) is 18.3 Å². The summed E-state index contributed by atoms with van der Waals surface area (Å²) >= 11 is 0. The van der Waals surface area contributed by atoms with Crippen molar-refractivity contribution in [2.24, 2.45) is 0 Å². The number of anilines is 1. The summed E-state index contributed by atoms with van der Waals surface area (Å²) in [5.74, 6) is 0. The van der Waals surface area contributed by atoms with E-state index in [1.165, 1.54) is 16.8 Å². The lowest BCUT2D eigenvalue weighted by molar-refractivity contribution is 0.402. The van der Waals surface area contributed by atoms with Gasteiger partial charge in [0.2, 0.25) is 0 Å². The molecule has 0 fully saturated rings. The number of nitrogens with one attached hydrogen (secondary N) is 1. The molecule has 2 nitrogen and oxygen atoms in total.